The van der Waals surface area contributed by atoms with Crippen LogP contribution in [0.1, 0.15) is 5.56 Å². The van der Waals surface area contributed by atoms with Crippen LogP contribution >= 0.6 is 22.9 Å². The van der Waals surface area contributed by atoms with Crippen molar-refractivity contribution >= 4 is 44.6 Å². The number of sulfonamides is 1. The lowest BCUT2D eigenvalue weighted by Gasteiger charge is -2.08. The third-order valence-electron chi connectivity index (χ3n) is 3.01. The van der Waals surface area contributed by atoms with E-state index >= 15 is 0 Å². The van der Waals surface area contributed by atoms with Crippen molar-refractivity contribution in [1.29, 1.82) is 0 Å². The van der Waals surface area contributed by atoms with Gasteiger partial charge in [-0.15, -0.1) is 11.3 Å². The molecule has 0 aliphatic rings. The summed E-state index contributed by atoms with van der Waals surface area (Å²) in [7, 11) is -2.09. The number of anilines is 1. The summed E-state index contributed by atoms with van der Waals surface area (Å²) in [5.74, 6) is -0.117. The zero-order valence-corrected chi connectivity index (χ0v) is 15.3. The van der Waals surface area contributed by atoms with Crippen LogP contribution < -0.4 is 10.0 Å². The van der Waals surface area contributed by atoms with E-state index in [2.05, 4.69) is 10.0 Å². The minimum atomic E-state index is -3.65. The van der Waals surface area contributed by atoms with Gasteiger partial charge in [0, 0.05) is 19.3 Å². The van der Waals surface area contributed by atoms with Crippen LogP contribution in [0.2, 0.25) is 4.34 Å². The normalized spacial score (nSPS) is 11.2. The molecule has 1 aromatic heterocycles. The van der Waals surface area contributed by atoms with Crippen LogP contribution in [0.25, 0.3) is 0 Å². The molecule has 2 aromatic rings. The quantitative estimate of drug-likeness (QED) is 0.680. The lowest BCUT2D eigenvalue weighted by molar-refractivity contribution is -0.120. The monoisotopic (exact) mass is 388 g/mol. The molecule has 0 unspecified atom stereocenters. The Morgan fingerprint density at radius 3 is 2.50 bits per heavy atom. The lowest BCUT2D eigenvalue weighted by Crippen LogP contribution is -2.28. The van der Waals surface area contributed by atoms with Gasteiger partial charge in [0.1, 0.15) is 4.21 Å². The molecule has 1 amide bonds. The van der Waals surface area contributed by atoms with Crippen molar-refractivity contribution in [2.75, 3.05) is 25.0 Å². The molecule has 0 aliphatic carbocycles. The fourth-order valence-corrected chi connectivity index (χ4v) is 4.42. The van der Waals surface area contributed by atoms with Crippen LogP contribution in [0.15, 0.2) is 40.6 Å². The average molecular weight is 389 g/mol. The van der Waals surface area contributed by atoms with E-state index in [-0.39, 0.29) is 16.5 Å². The highest BCUT2D eigenvalue weighted by atomic mass is 35.5. The number of methoxy groups -OCH3 is 1. The number of carbonyl (C=O) groups excluding carboxylic acids is 1. The van der Waals surface area contributed by atoms with Gasteiger partial charge >= 0.3 is 0 Å². The summed E-state index contributed by atoms with van der Waals surface area (Å²) in [6.45, 7) is 0.912. The molecular weight excluding hydrogens is 372 g/mol. The smallest absolute Gasteiger partial charge is 0.271 e. The van der Waals surface area contributed by atoms with E-state index in [9.17, 15) is 13.2 Å². The Morgan fingerprint density at radius 1 is 1.21 bits per heavy atom. The number of nitrogens with one attached hydrogen (secondary N) is 2. The predicted octanol–water partition coefficient (Wildman–Crippen LogP) is 2.51. The number of thiophene rings is 1. The van der Waals surface area contributed by atoms with Crippen LogP contribution in [-0.4, -0.2) is 34.6 Å². The summed E-state index contributed by atoms with van der Waals surface area (Å²) in [6.07, 6.45) is 0.220. The van der Waals surface area contributed by atoms with E-state index in [0.29, 0.717) is 23.2 Å². The number of rotatable bonds is 8. The van der Waals surface area contributed by atoms with Gasteiger partial charge < -0.3 is 10.1 Å². The zero-order chi connectivity index (χ0) is 17.6. The van der Waals surface area contributed by atoms with Crippen molar-refractivity contribution in [3.63, 3.8) is 0 Å². The molecule has 6 nitrogen and oxygen atoms in total. The maximum atomic E-state index is 12.2. The van der Waals surface area contributed by atoms with E-state index in [1.165, 1.54) is 12.1 Å². The molecule has 2 rings (SSSR count). The number of amides is 1. The van der Waals surface area contributed by atoms with Gasteiger partial charge in [-0.25, -0.2) is 8.42 Å². The summed E-state index contributed by atoms with van der Waals surface area (Å²) in [5, 5.41) is 2.72. The summed E-state index contributed by atoms with van der Waals surface area (Å²) in [6, 6.07) is 9.62. The molecule has 0 aliphatic heterocycles. The van der Waals surface area contributed by atoms with E-state index in [4.69, 9.17) is 16.3 Å². The second kappa shape index (κ2) is 8.48. The summed E-state index contributed by atoms with van der Waals surface area (Å²) >= 11 is 6.75. The third kappa shape index (κ3) is 5.48. The molecule has 0 fully saturated rings. The molecule has 0 spiro atoms. The highest BCUT2D eigenvalue weighted by Crippen LogP contribution is 2.27. The molecule has 1 aromatic carbocycles. The van der Waals surface area contributed by atoms with Gasteiger partial charge in [0.2, 0.25) is 5.91 Å². The van der Waals surface area contributed by atoms with Crippen LogP contribution in [0.5, 0.6) is 0 Å². The Balaban J connectivity index is 1.96. The van der Waals surface area contributed by atoms with Gasteiger partial charge in [0.05, 0.1) is 17.4 Å². The van der Waals surface area contributed by atoms with Gasteiger partial charge in [-0.05, 0) is 29.8 Å². The Kier molecular flexibility index (Phi) is 6.61. The molecule has 0 atom stereocenters. The first-order chi connectivity index (χ1) is 11.4. The Labute approximate surface area is 149 Å². The van der Waals surface area contributed by atoms with E-state index < -0.39 is 10.0 Å². The van der Waals surface area contributed by atoms with Gasteiger partial charge in [-0.2, -0.15) is 0 Å². The van der Waals surface area contributed by atoms with Gasteiger partial charge in [-0.1, -0.05) is 23.7 Å². The first-order valence-electron chi connectivity index (χ1n) is 7.03. The lowest BCUT2D eigenvalue weighted by atomic mass is 10.1. The van der Waals surface area contributed by atoms with Crippen molar-refractivity contribution in [3.05, 3.63) is 46.3 Å². The molecule has 2 N–H and O–H groups in total. The highest BCUT2D eigenvalue weighted by Gasteiger charge is 2.16. The van der Waals surface area contributed by atoms with E-state index in [1.54, 1.807) is 31.4 Å². The summed E-state index contributed by atoms with van der Waals surface area (Å²) < 4.78 is 32.3. The van der Waals surface area contributed by atoms with Crippen molar-refractivity contribution < 1.29 is 17.9 Å². The molecule has 24 heavy (non-hydrogen) atoms. The Hall–Kier alpha value is -1.61. The molecule has 0 radical (unpaired) electrons. The van der Waals surface area contributed by atoms with E-state index in [0.717, 1.165) is 16.9 Å². The molecule has 130 valence electrons. The van der Waals surface area contributed by atoms with Crippen molar-refractivity contribution in [2.24, 2.45) is 0 Å². The molecule has 0 bridgehead atoms. The number of hydrogen-bond acceptors (Lipinski definition) is 5. The number of ether oxygens (including phenoxy) is 1. The largest absolute Gasteiger partial charge is 0.383 e. The van der Waals surface area contributed by atoms with Crippen LogP contribution in [0, 0.1) is 0 Å². The maximum absolute atomic E-state index is 12.2. The van der Waals surface area contributed by atoms with E-state index in [1.807, 2.05) is 0 Å². The van der Waals surface area contributed by atoms with Crippen LogP contribution in [-0.2, 0) is 26.0 Å². The van der Waals surface area contributed by atoms with Crippen molar-refractivity contribution in [2.45, 2.75) is 10.6 Å². The second-order valence-electron chi connectivity index (χ2n) is 4.88. The number of halogens is 1. The summed E-state index contributed by atoms with van der Waals surface area (Å²) in [4.78, 5) is 11.7. The minimum Gasteiger partial charge on any atom is -0.383 e. The molecule has 0 saturated heterocycles. The second-order valence-corrected chi connectivity index (χ2v) is 8.50. The molecule has 1 heterocycles. The first kappa shape index (κ1) is 18.7. The molecule has 9 heteroatoms. The Bertz CT molecular complexity index is 788. The standard InChI is InChI=1S/C15H17ClN2O4S2/c1-22-9-8-17-14(19)10-11-2-4-12(5-3-11)18-24(20,21)15-7-6-13(16)23-15/h2-7,18H,8-10H2,1H3,(H,17,19). The highest BCUT2D eigenvalue weighted by molar-refractivity contribution is 7.94. The topological polar surface area (TPSA) is 84.5 Å². The summed E-state index contributed by atoms with van der Waals surface area (Å²) in [5.41, 5.74) is 1.20. The van der Waals surface area contributed by atoms with Gasteiger partial charge in [-0.3, -0.25) is 9.52 Å². The number of carbonyl (C=O) groups is 1. The predicted molar refractivity (Wildman–Crippen MR) is 95.2 cm³/mol. The van der Waals surface area contributed by atoms with Crippen molar-refractivity contribution in [1.82, 2.24) is 5.32 Å². The SMILES string of the molecule is COCCNC(=O)Cc1ccc(NS(=O)(=O)c2ccc(Cl)s2)cc1. The first-order valence-corrected chi connectivity index (χ1v) is 9.71. The third-order valence-corrected chi connectivity index (χ3v) is 6.12. The number of hydrogen-bond donors (Lipinski definition) is 2. The fraction of sp³-hybridized carbons (Fsp3) is 0.267. The fourth-order valence-electron chi connectivity index (χ4n) is 1.88. The Morgan fingerprint density at radius 2 is 1.92 bits per heavy atom. The zero-order valence-electron chi connectivity index (χ0n) is 12.9. The van der Waals surface area contributed by atoms with Crippen LogP contribution in [0.3, 0.4) is 0 Å². The van der Waals surface area contributed by atoms with Crippen molar-refractivity contribution in [3.8, 4) is 0 Å². The van der Waals surface area contributed by atoms with Gasteiger partial charge in [0.25, 0.3) is 10.0 Å². The molecule has 0 saturated carbocycles. The maximum Gasteiger partial charge on any atom is 0.271 e. The number of benzene rings is 1. The van der Waals surface area contributed by atoms with Crippen LogP contribution in [0.4, 0.5) is 5.69 Å². The average Bonchev–Trinajstić information content (AvgIpc) is 2.97. The minimum absolute atomic E-state index is 0.117. The molecular formula is C15H17ClN2O4S2. The van der Waals surface area contributed by atoms with Gasteiger partial charge in [0.15, 0.2) is 0 Å².